The predicted octanol–water partition coefficient (Wildman–Crippen LogP) is 1.37. The average molecular weight is 200 g/mol. The van der Waals surface area contributed by atoms with E-state index in [-0.39, 0.29) is 6.67 Å². The molecule has 2 nitrogen and oxygen atoms in total. The van der Waals surface area contributed by atoms with Crippen LogP contribution in [0.2, 0.25) is 0 Å². The van der Waals surface area contributed by atoms with E-state index >= 15 is 0 Å². The Labute approximate surface area is 86.1 Å². The molecule has 0 atom stereocenters. The van der Waals surface area contributed by atoms with Crippen LogP contribution in [-0.4, -0.2) is 56.2 Å². The summed E-state index contributed by atoms with van der Waals surface area (Å²) in [5.41, 5.74) is 0.543. The van der Waals surface area contributed by atoms with E-state index in [4.69, 9.17) is 0 Å². The number of likely N-dealkylation sites (tertiary alicyclic amines) is 2. The van der Waals surface area contributed by atoms with Crippen molar-refractivity contribution < 1.29 is 4.39 Å². The number of rotatable bonds is 2. The third-order valence-electron chi connectivity index (χ3n) is 3.97. The fourth-order valence-electron chi connectivity index (χ4n) is 2.84. The first-order valence-corrected chi connectivity index (χ1v) is 5.71. The molecule has 1 spiro atoms. The molecule has 0 bridgehead atoms. The van der Waals surface area contributed by atoms with E-state index < -0.39 is 0 Å². The Morgan fingerprint density at radius 2 is 1.79 bits per heavy atom. The fraction of sp³-hybridized carbons (Fsp3) is 1.00. The first kappa shape index (κ1) is 10.4. The van der Waals surface area contributed by atoms with Gasteiger partial charge in [-0.25, -0.2) is 4.39 Å². The summed E-state index contributed by atoms with van der Waals surface area (Å²) in [7, 11) is 2.20. The Hall–Kier alpha value is -0.150. The molecule has 14 heavy (non-hydrogen) atoms. The van der Waals surface area contributed by atoms with Crippen molar-refractivity contribution in [2.24, 2.45) is 5.41 Å². The summed E-state index contributed by atoms with van der Waals surface area (Å²) in [6, 6.07) is 0. The van der Waals surface area contributed by atoms with Crippen molar-refractivity contribution in [3.05, 3.63) is 0 Å². The minimum absolute atomic E-state index is 0.185. The number of nitrogens with zero attached hydrogens (tertiary/aromatic N) is 2. The summed E-state index contributed by atoms with van der Waals surface area (Å²) >= 11 is 0. The third-order valence-corrected chi connectivity index (χ3v) is 3.97. The molecule has 0 aromatic carbocycles. The van der Waals surface area contributed by atoms with Crippen LogP contribution in [0.3, 0.4) is 0 Å². The van der Waals surface area contributed by atoms with Gasteiger partial charge in [0.15, 0.2) is 0 Å². The lowest BCUT2D eigenvalue weighted by molar-refractivity contribution is 0.124. The maximum atomic E-state index is 12.2. The summed E-state index contributed by atoms with van der Waals surface area (Å²) in [5, 5.41) is 0. The van der Waals surface area contributed by atoms with Gasteiger partial charge in [-0.15, -0.1) is 0 Å². The van der Waals surface area contributed by atoms with Gasteiger partial charge in [0, 0.05) is 13.1 Å². The Morgan fingerprint density at radius 1 is 1.14 bits per heavy atom. The zero-order valence-corrected chi connectivity index (χ0v) is 9.14. The predicted molar refractivity (Wildman–Crippen MR) is 56.2 cm³/mol. The van der Waals surface area contributed by atoms with E-state index in [0.29, 0.717) is 12.0 Å². The molecule has 0 aromatic rings. The van der Waals surface area contributed by atoms with Gasteiger partial charge < -0.3 is 9.80 Å². The van der Waals surface area contributed by atoms with Gasteiger partial charge in [-0.3, -0.25) is 0 Å². The highest BCUT2D eigenvalue weighted by Gasteiger charge is 2.39. The summed E-state index contributed by atoms with van der Waals surface area (Å²) in [6.45, 7) is 5.18. The summed E-state index contributed by atoms with van der Waals surface area (Å²) in [6.07, 6.45) is 3.92. The lowest BCUT2D eigenvalue weighted by atomic mass is 9.78. The van der Waals surface area contributed by atoms with E-state index in [0.717, 1.165) is 13.1 Å². The second-order valence-corrected chi connectivity index (χ2v) is 5.02. The van der Waals surface area contributed by atoms with E-state index in [1.165, 1.54) is 32.4 Å². The summed E-state index contributed by atoms with van der Waals surface area (Å²) in [4.78, 5) is 4.70. The van der Waals surface area contributed by atoms with Crippen LogP contribution in [0.1, 0.15) is 19.3 Å². The molecule has 2 heterocycles. The maximum absolute atomic E-state index is 12.2. The van der Waals surface area contributed by atoms with E-state index in [1.807, 2.05) is 0 Å². The Morgan fingerprint density at radius 3 is 2.43 bits per heavy atom. The van der Waals surface area contributed by atoms with Gasteiger partial charge in [-0.1, -0.05) is 0 Å². The smallest absolute Gasteiger partial charge is 0.102 e. The molecule has 0 aliphatic carbocycles. The van der Waals surface area contributed by atoms with Gasteiger partial charge >= 0.3 is 0 Å². The Bertz CT molecular complexity index is 188. The SMILES string of the molecule is CN1CCC2(CC1)CCN(CCF)C2. The standard InChI is InChI=1S/C11H21FN2/c1-13-6-2-11(3-7-13)4-8-14(10-11)9-5-12/h2-10H2,1H3. The van der Waals surface area contributed by atoms with Crippen molar-refractivity contribution in [1.82, 2.24) is 9.80 Å². The molecule has 0 radical (unpaired) electrons. The van der Waals surface area contributed by atoms with Crippen LogP contribution in [0, 0.1) is 5.41 Å². The minimum Gasteiger partial charge on any atom is -0.306 e. The summed E-state index contributed by atoms with van der Waals surface area (Å²) in [5.74, 6) is 0. The molecule has 0 N–H and O–H groups in total. The van der Waals surface area contributed by atoms with E-state index in [9.17, 15) is 4.39 Å². The molecule has 0 aromatic heterocycles. The normalized spacial score (nSPS) is 28.7. The second-order valence-electron chi connectivity index (χ2n) is 5.02. The fourth-order valence-corrected chi connectivity index (χ4v) is 2.84. The second kappa shape index (κ2) is 4.15. The van der Waals surface area contributed by atoms with Gasteiger partial charge in [0.2, 0.25) is 0 Å². The molecule has 3 heteroatoms. The monoisotopic (exact) mass is 200 g/mol. The number of halogens is 1. The van der Waals surface area contributed by atoms with E-state index in [1.54, 1.807) is 0 Å². The van der Waals surface area contributed by atoms with E-state index in [2.05, 4.69) is 16.8 Å². The van der Waals surface area contributed by atoms with Gasteiger partial charge in [-0.2, -0.15) is 0 Å². The Balaban J connectivity index is 1.86. The van der Waals surface area contributed by atoms with Gasteiger partial charge in [0.1, 0.15) is 6.67 Å². The lowest BCUT2D eigenvalue weighted by Crippen LogP contribution is -2.39. The minimum atomic E-state index is -0.185. The van der Waals surface area contributed by atoms with Crippen molar-refractivity contribution >= 4 is 0 Å². The van der Waals surface area contributed by atoms with Crippen molar-refractivity contribution in [2.75, 3.05) is 46.4 Å². The summed E-state index contributed by atoms with van der Waals surface area (Å²) < 4.78 is 12.2. The van der Waals surface area contributed by atoms with Crippen LogP contribution in [0.4, 0.5) is 4.39 Å². The lowest BCUT2D eigenvalue weighted by Gasteiger charge is -2.37. The highest BCUT2D eigenvalue weighted by atomic mass is 19.1. The van der Waals surface area contributed by atoms with Crippen molar-refractivity contribution in [3.8, 4) is 0 Å². The first-order valence-electron chi connectivity index (χ1n) is 5.71. The number of hydrogen-bond donors (Lipinski definition) is 0. The van der Waals surface area contributed by atoms with Gasteiger partial charge in [0.25, 0.3) is 0 Å². The molecule has 2 fully saturated rings. The molecular formula is C11H21FN2. The molecule has 0 unspecified atom stereocenters. The van der Waals surface area contributed by atoms with Crippen LogP contribution in [0.25, 0.3) is 0 Å². The molecule has 2 aliphatic heterocycles. The van der Waals surface area contributed by atoms with Crippen LogP contribution in [0.5, 0.6) is 0 Å². The largest absolute Gasteiger partial charge is 0.306 e. The maximum Gasteiger partial charge on any atom is 0.102 e. The number of alkyl halides is 1. The van der Waals surface area contributed by atoms with Crippen LogP contribution < -0.4 is 0 Å². The highest BCUT2D eigenvalue weighted by Crippen LogP contribution is 2.39. The Kier molecular flexibility index (Phi) is 3.07. The van der Waals surface area contributed by atoms with Crippen LogP contribution >= 0.6 is 0 Å². The quantitative estimate of drug-likeness (QED) is 0.664. The topological polar surface area (TPSA) is 6.48 Å². The molecule has 2 aliphatic rings. The highest BCUT2D eigenvalue weighted by molar-refractivity contribution is 4.93. The molecule has 0 saturated carbocycles. The zero-order chi connectivity index (χ0) is 10.0. The van der Waals surface area contributed by atoms with Crippen molar-refractivity contribution in [1.29, 1.82) is 0 Å². The van der Waals surface area contributed by atoms with Crippen molar-refractivity contribution in [2.45, 2.75) is 19.3 Å². The third kappa shape index (κ3) is 2.09. The van der Waals surface area contributed by atoms with Gasteiger partial charge in [-0.05, 0) is 51.4 Å². The number of hydrogen-bond acceptors (Lipinski definition) is 2. The number of piperidine rings is 1. The van der Waals surface area contributed by atoms with Gasteiger partial charge in [0.05, 0.1) is 0 Å². The molecular weight excluding hydrogens is 179 g/mol. The van der Waals surface area contributed by atoms with Crippen LogP contribution in [0.15, 0.2) is 0 Å². The molecule has 2 rings (SSSR count). The van der Waals surface area contributed by atoms with Crippen molar-refractivity contribution in [3.63, 3.8) is 0 Å². The zero-order valence-electron chi connectivity index (χ0n) is 9.14. The first-order chi connectivity index (χ1) is 6.74. The molecule has 2 saturated heterocycles. The average Bonchev–Trinajstić information content (AvgIpc) is 2.56. The molecule has 82 valence electrons. The van der Waals surface area contributed by atoms with Crippen LogP contribution in [-0.2, 0) is 0 Å². The molecule has 0 amide bonds.